The summed E-state index contributed by atoms with van der Waals surface area (Å²) in [7, 11) is 3.74. The van der Waals surface area contributed by atoms with Crippen molar-refractivity contribution in [1.29, 1.82) is 0 Å². The molecule has 242 valence electrons. The third-order valence-corrected chi connectivity index (χ3v) is 11.3. The van der Waals surface area contributed by atoms with Gasteiger partial charge >= 0.3 is 5.97 Å². The molecule has 0 amide bonds. The van der Waals surface area contributed by atoms with Crippen molar-refractivity contribution in [2.24, 2.45) is 17.8 Å². The van der Waals surface area contributed by atoms with Gasteiger partial charge in [-0.2, -0.15) is 5.10 Å². The molecule has 46 heavy (non-hydrogen) atoms. The van der Waals surface area contributed by atoms with Gasteiger partial charge in [-0.15, -0.1) is 23.5 Å². The van der Waals surface area contributed by atoms with E-state index in [1.54, 1.807) is 23.5 Å². The number of fused-ring (bicyclic) bond motifs is 6. The van der Waals surface area contributed by atoms with Gasteiger partial charge in [0.25, 0.3) is 0 Å². The maximum Gasteiger partial charge on any atom is 0.352 e. The van der Waals surface area contributed by atoms with Gasteiger partial charge in [-0.3, -0.25) is 9.67 Å². The first-order valence-corrected chi connectivity index (χ1v) is 18.2. The lowest BCUT2D eigenvalue weighted by Crippen LogP contribution is -2.13. The largest absolute Gasteiger partial charge is 0.493 e. The molecule has 3 heterocycles. The van der Waals surface area contributed by atoms with Crippen LogP contribution in [-0.2, 0) is 32.2 Å². The average Bonchev–Trinajstić information content (AvgIpc) is 3.48. The highest BCUT2D eigenvalue weighted by Crippen LogP contribution is 2.43. The Hall–Kier alpha value is -3.34. The summed E-state index contributed by atoms with van der Waals surface area (Å²) in [4.78, 5) is 18.4. The molecule has 0 unspecified atom stereocenters. The Labute approximate surface area is 283 Å². The number of thioether (sulfide) groups is 2. The predicted octanol–water partition coefficient (Wildman–Crippen LogP) is 7.61. The molecule has 1 aliphatic carbocycles. The van der Waals surface area contributed by atoms with Gasteiger partial charge in [-0.05, 0) is 93.0 Å². The predicted molar refractivity (Wildman–Crippen MR) is 191 cm³/mol. The second-order valence-electron chi connectivity index (χ2n) is 12.0. The number of aromatic carboxylic acids is 1. The standard InChI is InChI=1S/C35H40ClN5O3S2/c1-20-31-29-11-10-27(36)33(31)32-21(2)40(4)39-28(32)19-45-17-23(37)15-24(38-3)18-46-25-14-22-8-5-6-9-26(22)30(16-25)44-13-7-12-41(29)34(20)35(42)43/h10-11,14-16H,5-9,12-13,17-19,37H2,1-4H3,(H,42,43). The Balaban J connectivity index is 1.46. The summed E-state index contributed by atoms with van der Waals surface area (Å²) in [5, 5.41) is 16.7. The zero-order chi connectivity index (χ0) is 32.5. The van der Waals surface area contributed by atoms with Gasteiger partial charge in [-0.1, -0.05) is 11.6 Å². The molecule has 0 saturated carbocycles. The summed E-state index contributed by atoms with van der Waals surface area (Å²) >= 11 is 10.4. The summed E-state index contributed by atoms with van der Waals surface area (Å²) in [5.74, 6) is 1.92. The van der Waals surface area contributed by atoms with Crippen molar-refractivity contribution >= 4 is 57.7 Å². The van der Waals surface area contributed by atoms with Crippen LogP contribution in [0.25, 0.3) is 22.0 Å². The fourth-order valence-electron chi connectivity index (χ4n) is 6.73. The molecular weight excluding hydrogens is 638 g/mol. The fourth-order valence-corrected chi connectivity index (χ4v) is 8.74. The molecule has 0 fully saturated rings. The number of hydrogen-bond donors (Lipinski definition) is 2. The van der Waals surface area contributed by atoms with Crippen LogP contribution >= 0.6 is 35.1 Å². The molecule has 11 heteroatoms. The summed E-state index contributed by atoms with van der Waals surface area (Å²) in [6, 6.07) is 8.28. The maximum atomic E-state index is 12.7. The second kappa shape index (κ2) is 13.8. The minimum absolute atomic E-state index is 0.278. The van der Waals surface area contributed by atoms with E-state index in [2.05, 4.69) is 17.1 Å². The first-order chi connectivity index (χ1) is 22.2. The number of aliphatic imine (C=N–C) groups is 1. The molecule has 6 bridgehead atoms. The van der Waals surface area contributed by atoms with Crippen molar-refractivity contribution in [2.75, 3.05) is 25.2 Å². The number of nitrogens with two attached hydrogens (primary N) is 1. The number of carboxylic acids is 1. The Morgan fingerprint density at radius 1 is 1.11 bits per heavy atom. The van der Waals surface area contributed by atoms with Crippen molar-refractivity contribution in [3.8, 4) is 16.9 Å². The molecule has 0 saturated heterocycles. The van der Waals surface area contributed by atoms with E-state index in [0.29, 0.717) is 47.4 Å². The maximum absolute atomic E-state index is 12.7. The minimum Gasteiger partial charge on any atom is -0.493 e. The van der Waals surface area contributed by atoms with E-state index in [1.807, 2.05) is 55.4 Å². The quantitative estimate of drug-likeness (QED) is 0.214. The second-order valence-corrected chi connectivity index (χ2v) is 14.4. The van der Waals surface area contributed by atoms with Gasteiger partial charge in [0, 0.05) is 86.9 Å². The monoisotopic (exact) mass is 677 g/mol. The number of carboxylic acid groups (broad SMARTS) is 1. The Kier molecular flexibility index (Phi) is 9.77. The molecule has 4 aromatic rings. The number of rotatable bonds is 1. The smallest absolute Gasteiger partial charge is 0.352 e. The van der Waals surface area contributed by atoms with E-state index in [-0.39, 0.29) is 5.69 Å². The summed E-state index contributed by atoms with van der Waals surface area (Å²) < 4.78 is 10.3. The lowest BCUT2D eigenvalue weighted by molar-refractivity contribution is 0.0684. The van der Waals surface area contributed by atoms with Crippen LogP contribution in [0.4, 0.5) is 0 Å². The normalized spacial score (nSPS) is 17.2. The molecule has 0 radical (unpaired) electrons. The van der Waals surface area contributed by atoms with Crippen molar-refractivity contribution in [1.82, 2.24) is 14.3 Å². The van der Waals surface area contributed by atoms with E-state index in [9.17, 15) is 9.90 Å². The Morgan fingerprint density at radius 2 is 1.91 bits per heavy atom. The van der Waals surface area contributed by atoms with Crippen LogP contribution in [-0.4, -0.2) is 56.3 Å². The van der Waals surface area contributed by atoms with Crippen molar-refractivity contribution in [3.05, 3.63) is 74.8 Å². The molecule has 2 aliphatic rings. The highest BCUT2D eigenvalue weighted by atomic mass is 35.5. The van der Waals surface area contributed by atoms with E-state index < -0.39 is 5.97 Å². The number of halogens is 1. The van der Waals surface area contributed by atoms with Crippen LogP contribution in [0.5, 0.6) is 5.75 Å². The molecule has 1 aliphatic heterocycles. The fraction of sp³-hybridized carbons (Fsp3) is 0.400. The highest BCUT2D eigenvalue weighted by molar-refractivity contribution is 8.00. The number of hydrogen-bond acceptors (Lipinski definition) is 7. The van der Waals surface area contributed by atoms with Gasteiger partial charge in [0.1, 0.15) is 11.4 Å². The third kappa shape index (κ3) is 6.31. The Bertz CT molecular complexity index is 1890. The highest BCUT2D eigenvalue weighted by Gasteiger charge is 2.27. The zero-order valence-electron chi connectivity index (χ0n) is 26.8. The number of aromatic nitrogens is 3. The van der Waals surface area contributed by atoms with Crippen LogP contribution in [0, 0.1) is 13.8 Å². The van der Waals surface area contributed by atoms with Gasteiger partial charge in [0.2, 0.25) is 0 Å². The number of aryl methyl sites for hydroxylation is 4. The molecule has 3 N–H and O–H groups in total. The van der Waals surface area contributed by atoms with Gasteiger partial charge in [0.15, 0.2) is 0 Å². The summed E-state index contributed by atoms with van der Waals surface area (Å²) in [5.41, 5.74) is 16.3. The average molecular weight is 678 g/mol. The third-order valence-electron chi connectivity index (χ3n) is 9.00. The topological polar surface area (TPSA) is 108 Å². The molecule has 0 atom stereocenters. The number of allylic oxidation sites excluding steroid dienone is 1. The molecule has 2 aromatic heterocycles. The minimum atomic E-state index is -0.958. The summed E-state index contributed by atoms with van der Waals surface area (Å²) in [6.45, 7) is 4.88. The number of ether oxygens (including phenoxy) is 1. The van der Waals surface area contributed by atoms with Gasteiger partial charge in [0.05, 0.1) is 12.3 Å². The van der Waals surface area contributed by atoms with Crippen LogP contribution in [0.2, 0.25) is 5.02 Å². The number of carbonyl (C=O) groups is 1. The van der Waals surface area contributed by atoms with E-state index in [4.69, 9.17) is 27.2 Å². The first-order valence-electron chi connectivity index (χ1n) is 15.7. The lowest BCUT2D eigenvalue weighted by atomic mass is 9.91. The first kappa shape index (κ1) is 32.6. The van der Waals surface area contributed by atoms with Crippen LogP contribution < -0.4 is 10.5 Å². The van der Waals surface area contributed by atoms with Gasteiger partial charge in [-0.25, -0.2) is 4.79 Å². The van der Waals surface area contributed by atoms with Crippen LogP contribution in [0.15, 0.2) is 45.9 Å². The van der Waals surface area contributed by atoms with E-state index in [0.717, 1.165) is 74.7 Å². The molecule has 2 aromatic carbocycles. The van der Waals surface area contributed by atoms with Crippen molar-refractivity contribution < 1.29 is 14.6 Å². The van der Waals surface area contributed by atoms with Gasteiger partial charge < -0.3 is 20.1 Å². The summed E-state index contributed by atoms with van der Waals surface area (Å²) in [6.07, 6.45) is 7.04. The Morgan fingerprint density at radius 3 is 2.70 bits per heavy atom. The zero-order valence-corrected chi connectivity index (χ0v) is 29.2. The molecule has 8 nitrogen and oxygen atoms in total. The van der Waals surface area contributed by atoms with Crippen LogP contribution in [0.3, 0.4) is 0 Å². The molecular formula is C35H40ClN5O3S2. The molecule has 6 rings (SSSR count). The van der Waals surface area contributed by atoms with Crippen molar-refractivity contribution in [2.45, 2.75) is 63.1 Å². The lowest BCUT2D eigenvalue weighted by Gasteiger charge is -2.21. The SMILES string of the molecule is CN=C1C=C(N)CSCc2nn(C)c(C)c2-c2c(Cl)ccc3c2c(C)c(C(=O)O)n3CCCOc2cc(cc3c2CCCC3)SC1. The van der Waals surface area contributed by atoms with E-state index >= 15 is 0 Å². The molecule has 0 spiro atoms. The van der Waals surface area contributed by atoms with Crippen LogP contribution in [0.1, 0.15) is 57.8 Å². The van der Waals surface area contributed by atoms with E-state index in [1.165, 1.54) is 17.5 Å². The number of nitrogens with zero attached hydrogens (tertiary/aromatic N) is 4. The number of benzene rings is 2. The van der Waals surface area contributed by atoms with Crippen molar-refractivity contribution in [3.63, 3.8) is 0 Å².